The summed E-state index contributed by atoms with van der Waals surface area (Å²) in [6, 6.07) is 8.16. The van der Waals surface area contributed by atoms with Crippen LogP contribution >= 0.6 is 0 Å². The molecule has 10 nitrogen and oxygen atoms in total. The molecule has 2 aromatic heterocycles. The number of hydrogen-bond donors (Lipinski definition) is 1. The highest BCUT2D eigenvalue weighted by molar-refractivity contribution is 6.02. The maximum Gasteiger partial charge on any atom is 0.339 e. The van der Waals surface area contributed by atoms with Crippen LogP contribution in [0.1, 0.15) is 23.0 Å². The molecule has 162 valence electrons. The van der Waals surface area contributed by atoms with E-state index in [-0.39, 0.29) is 23.2 Å². The summed E-state index contributed by atoms with van der Waals surface area (Å²) in [7, 11) is 2.88. The lowest BCUT2D eigenvalue weighted by atomic mass is 10.1. The Morgan fingerprint density at radius 2 is 1.90 bits per heavy atom. The second-order valence-electron chi connectivity index (χ2n) is 6.71. The Balaban J connectivity index is 2.11. The molecule has 0 aliphatic heterocycles. The predicted octanol–water partition coefficient (Wildman–Crippen LogP) is 1.23. The van der Waals surface area contributed by atoms with Crippen molar-refractivity contribution in [1.82, 2.24) is 14.1 Å². The average molecular weight is 426 g/mol. The first-order valence-electron chi connectivity index (χ1n) is 9.49. The summed E-state index contributed by atoms with van der Waals surface area (Å²) < 4.78 is 12.1. The minimum Gasteiger partial charge on any atom is -0.495 e. The molecule has 1 N–H and O–H groups in total. The van der Waals surface area contributed by atoms with Gasteiger partial charge in [-0.15, -0.1) is 0 Å². The quantitative estimate of drug-likeness (QED) is 0.588. The summed E-state index contributed by atoms with van der Waals surface area (Å²) in [4.78, 5) is 55.2. The van der Waals surface area contributed by atoms with Gasteiger partial charge in [-0.3, -0.25) is 18.7 Å². The van der Waals surface area contributed by atoms with Gasteiger partial charge in [-0.1, -0.05) is 12.1 Å². The second-order valence-corrected chi connectivity index (χ2v) is 6.71. The van der Waals surface area contributed by atoms with Gasteiger partial charge in [0.1, 0.15) is 17.9 Å². The molecule has 1 amide bonds. The third kappa shape index (κ3) is 4.18. The standard InChI is InChI=1S/C21H22N4O6/c1-5-31-20(28)13-10-12(2)22-18-17(13)19(27)25(21(29)24(18)3)11-16(26)23-14-8-6-7-9-15(14)30-4/h6-10H,5,11H2,1-4H3,(H,23,26). The smallest absolute Gasteiger partial charge is 0.339 e. The molecule has 0 aliphatic carbocycles. The van der Waals surface area contributed by atoms with Crippen LogP contribution in [0.4, 0.5) is 5.69 Å². The van der Waals surface area contributed by atoms with E-state index < -0.39 is 29.7 Å². The monoisotopic (exact) mass is 426 g/mol. The van der Waals surface area contributed by atoms with Gasteiger partial charge in [0.25, 0.3) is 5.56 Å². The van der Waals surface area contributed by atoms with Crippen LogP contribution in [-0.2, 0) is 23.1 Å². The Hall–Kier alpha value is -3.95. The lowest BCUT2D eigenvalue weighted by molar-refractivity contribution is -0.116. The van der Waals surface area contributed by atoms with Gasteiger partial charge in [-0.25, -0.2) is 14.6 Å². The summed E-state index contributed by atoms with van der Waals surface area (Å²) in [5.74, 6) is -0.890. The van der Waals surface area contributed by atoms with Crippen molar-refractivity contribution in [3.05, 3.63) is 62.4 Å². The number of carbonyl (C=O) groups is 2. The van der Waals surface area contributed by atoms with Gasteiger partial charge < -0.3 is 14.8 Å². The van der Waals surface area contributed by atoms with E-state index in [1.807, 2.05) is 0 Å². The van der Waals surface area contributed by atoms with Gasteiger partial charge in [0.2, 0.25) is 5.91 Å². The van der Waals surface area contributed by atoms with Crippen LogP contribution in [0, 0.1) is 6.92 Å². The van der Waals surface area contributed by atoms with E-state index in [1.165, 1.54) is 20.2 Å². The van der Waals surface area contributed by atoms with E-state index in [0.717, 1.165) is 9.13 Å². The van der Waals surface area contributed by atoms with Crippen LogP contribution in [0.5, 0.6) is 5.75 Å². The first-order chi connectivity index (χ1) is 14.8. The van der Waals surface area contributed by atoms with E-state index in [9.17, 15) is 19.2 Å². The number of nitrogens with one attached hydrogen (secondary N) is 1. The van der Waals surface area contributed by atoms with Crippen LogP contribution < -0.4 is 21.3 Å². The van der Waals surface area contributed by atoms with Gasteiger partial charge in [0, 0.05) is 12.7 Å². The van der Waals surface area contributed by atoms with Crippen molar-refractivity contribution in [3.8, 4) is 5.75 Å². The number of rotatable bonds is 6. The van der Waals surface area contributed by atoms with E-state index >= 15 is 0 Å². The molecule has 0 fully saturated rings. The zero-order chi connectivity index (χ0) is 22.7. The summed E-state index contributed by atoms with van der Waals surface area (Å²) >= 11 is 0. The average Bonchev–Trinajstić information content (AvgIpc) is 2.75. The number of aromatic nitrogens is 3. The fraction of sp³-hybridized carbons (Fsp3) is 0.286. The second kappa shape index (κ2) is 8.82. The molecule has 0 aliphatic rings. The fourth-order valence-corrected chi connectivity index (χ4v) is 3.19. The topological polar surface area (TPSA) is 122 Å². The van der Waals surface area contributed by atoms with E-state index in [1.54, 1.807) is 38.1 Å². The first-order valence-corrected chi connectivity index (χ1v) is 9.49. The Bertz CT molecular complexity index is 1290. The molecular weight excluding hydrogens is 404 g/mol. The normalized spacial score (nSPS) is 10.7. The minimum absolute atomic E-state index is 0.0103. The predicted molar refractivity (Wildman–Crippen MR) is 114 cm³/mol. The molecule has 0 radical (unpaired) electrons. The van der Waals surface area contributed by atoms with Crippen LogP contribution in [0.3, 0.4) is 0 Å². The Morgan fingerprint density at radius 1 is 1.19 bits per heavy atom. The number of para-hydroxylation sites is 2. The van der Waals surface area contributed by atoms with Gasteiger partial charge in [-0.05, 0) is 32.0 Å². The highest BCUT2D eigenvalue weighted by Gasteiger charge is 2.22. The Morgan fingerprint density at radius 3 is 2.58 bits per heavy atom. The van der Waals surface area contributed by atoms with E-state index in [0.29, 0.717) is 17.1 Å². The molecule has 2 heterocycles. The Labute approximate surface area is 177 Å². The van der Waals surface area contributed by atoms with Crippen molar-refractivity contribution < 1.29 is 19.1 Å². The van der Waals surface area contributed by atoms with Gasteiger partial charge in [-0.2, -0.15) is 0 Å². The molecule has 3 aromatic rings. The molecular formula is C21H22N4O6. The van der Waals surface area contributed by atoms with Crippen LogP contribution in [0.2, 0.25) is 0 Å². The molecule has 31 heavy (non-hydrogen) atoms. The molecule has 3 rings (SSSR count). The minimum atomic E-state index is -0.802. The van der Waals surface area contributed by atoms with Crippen molar-refractivity contribution in [2.24, 2.45) is 7.05 Å². The van der Waals surface area contributed by atoms with Crippen molar-refractivity contribution >= 4 is 28.6 Å². The zero-order valence-electron chi connectivity index (χ0n) is 17.6. The molecule has 10 heteroatoms. The number of aryl methyl sites for hydroxylation is 2. The Kier molecular flexibility index (Phi) is 6.19. The van der Waals surface area contributed by atoms with Crippen LogP contribution in [0.15, 0.2) is 39.9 Å². The van der Waals surface area contributed by atoms with Gasteiger partial charge >= 0.3 is 11.7 Å². The number of ether oxygens (including phenoxy) is 2. The maximum atomic E-state index is 13.2. The number of anilines is 1. The number of amides is 1. The number of esters is 1. The number of carbonyl (C=O) groups excluding carboxylic acids is 2. The number of pyridine rings is 1. The number of benzene rings is 1. The fourth-order valence-electron chi connectivity index (χ4n) is 3.19. The summed E-state index contributed by atoms with van der Waals surface area (Å²) in [5, 5.41) is 2.53. The third-order valence-electron chi connectivity index (χ3n) is 4.60. The molecule has 1 aromatic carbocycles. The SMILES string of the molecule is CCOC(=O)c1cc(C)nc2c1c(=O)n(CC(=O)Nc1ccccc1OC)c(=O)n2C. The van der Waals surface area contributed by atoms with E-state index in [2.05, 4.69) is 10.3 Å². The van der Waals surface area contributed by atoms with Crippen LogP contribution in [0.25, 0.3) is 11.0 Å². The lowest BCUT2D eigenvalue weighted by Gasteiger charge is -2.14. The van der Waals surface area contributed by atoms with E-state index in [4.69, 9.17) is 9.47 Å². The van der Waals surface area contributed by atoms with Crippen molar-refractivity contribution in [1.29, 1.82) is 0 Å². The van der Waals surface area contributed by atoms with Crippen molar-refractivity contribution in [3.63, 3.8) is 0 Å². The molecule has 0 saturated heterocycles. The number of methoxy groups -OCH3 is 1. The lowest BCUT2D eigenvalue weighted by Crippen LogP contribution is -2.42. The summed E-state index contributed by atoms with van der Waals surface area (Å²) in [6.07, 6.45) is 0. The van der Waals surface area contributed by atoms with Gasteiger partial charge in [0.15, 0.2) is 0 Å². The highest BCUT2D eigenvalue weighted by Crippen LogP contribution is 2.23. The van der Waals surface area contributed by atoms with Crippen LogP contribution in [-0.4, -0.2) is 39.7 Å². The molecule has 0 bridgehead atoms. The third-order valence-corrected chi connectivity index (χ3v) is 4.60. The summed E-state index contributed by atoms with van der Waals surface area (Å²) in [6.45, 7) is 2.84. The first kappa shape index (κ1) is 21.8. The maximum absolute atomic E-state index is 13.2. The largest absolute Gasteiger partial charge is 0.495 e. The molecule has 0 unspecified atom stereocenters. The molecule has 0 spiro atoms. The highest BCUT2D eigenvalue weighted by atomic mass is 16.5. The molecule has 0 atom stereocenters. The van der Waals surface area contributed by atoms with Crippen molar-refractivity contribution in [2.75, 3.05) is 19.0 Å². The summed E-state index contributed by atoms with van der Waals surface area (Å²) in [5.41, 5.74) is -0.672. The zero-order valence-corrected chi connectivity index (χ0v) is 17.6. The number of hydrogen-bond acceptors (Lipinski definition) is 7. The number of fused-ring (bicyclic) bond motifs is 1. The van der Waals surface area contributed by atoms with Gasteiger partial charge in [0.05, 0.1) is 30.4 Å². The molecule has 0 saturated carbocycles. The van der Waals surface area contributed by atoms with Crippen molar-refractivity contribution in [2.45, 2.75) is 20.4 Å². The number of nitrogens with zero attached hydrogens (tertiary/aromatic N) is 3.